The Morgan fingerprint density at radius 1 is 0.818 bits per heavy atom. The molecule has 0 radical (unpaired) electrons. The van der Waals surface area contributed by atoms with Crippen LogP contribution >= 0.6 is 0 Å². The first-order chi connectivity index (χ1) is 4.96. The van der Waals surface area contributed by atoms with Crippen LogP contribution in [0.3, 0.4) is 0 Å². The molecule has 0 bridgehead atoms. The Kier molecular flexibility index (Phi) is 2.09. The lowest BCUT2D eigenvalue weighted by Crippen LogP contribution is -2.39. The molecule has 0 spiro atoms. The van der Waals surface area contributed by atoms with Gasteiger partial charge < -0.3 is 5.32 Å². The largest absolute Gasteiger partial charge is 0.316 e. The topological polar surface area (TPSA) is 12.0 Å². The molecule has 1 aliphatic rings. The molecule has 1 nitrogen and oxygen atoms in total. The van der Waals surface area contributed by atoms with Crippen LogP contribution in [0, 0.1) is 0 Å². The standard InChI is InChI=1S/C6H9F4N/c7-5(8)1-3-11-4-2-6(5,9)10/h11H,1-4H2. The molecule has 0 aromatic carbocycles. The summed E-state index contributed by atoms with van der Waals surface area (Å²) in [5, 5.41) is 2.50. The quantitative estimate of drug-likeness (QED) is 0.546. The van der Waals surface area contributed by atoms with Crippen LogP contribution in [0.4, 0.5) is 17.6 Å². The van der Waals surface area contributed by atoms with Crippen molar-refractivity contribution in [1.82, 2.24) is 5.32 Å². The van der Waals surface area contributed by atoms with Gasteiger partial charge >= 0.3 is 11.8 Å². The first kappa shape index (κ1) is 8.77. The Bertz CT molecular complexity index is 130. The molecule has 11 heavy (non-hydrogen) atoms. The summed E-state index contributed by atoms with van der Waals surface area (Å²) >= 11 is 0. The molecule has 0 atom stereocenters. The van der Waals surface area contributed by atoms with E-state index in [-0.39, 0.29) is 13.1 Å². The number of hydrogen-bond donors (Lipinski definition) is 1. The lowest BCUT2D eigenvalue weighted by molar-refractivity contribution is -0.208. The van der Waals surface area contributed by atoms with Gasteiger partial charge in [0.25, 0.3) is 0 Å². The number of halogens is 4. The third-order valence-corrected chi connectivity index (χ3v) is 1.77. The summed E-state index contributed by atoms with van der Waals surface area (Å²) in [7, 11) is 0. The first-order valence-electron chi connectivity index (χ1n) is 3.42. The predicted molar refractivity (Wildman–Crippen MR) is 32.0 cm³/mol. The van der Waals surface area contributed by atoms with Gasteiger partial charge in [0.1, 0.15) is 0 Å². The average Bonchev–Trinajstić information content (AvgIpc) is 1.94. The molecular formula is C6H9F4N. The van der Waals surface area contributed by atoms with Crippen LogP contribution in [-0.2, 0) is 0 Å². The summed E-state index contributed by atoms with van der Waals surface area (Å²) < 4.78 is 49.8. The van der Waals surface area contributed by atoms with E-state index in [9.17, 15) is 17.6 Å². The second kappa shape index (κ2) is 2.62. The SMILES string of the molecule is FC1(F)CCNCCC1(F)F. The molecule has 1 fully saturated rings. The molecule has 0 aromatic heterocycles. The fraction of sp³-hybridized carbons (Fsp3) is 1.00. The van der Waals surface area contributed by atoms with Gasteiger partial charge in [-0.3, -0.25) is 0 Å². The molecule has 66 valence electrons. The monoisotopic (exact) mass is 171 g/mol. The Morgan fingerprint density at radius 2 is 1.18 bits per heavy atom. The minimum absolute atomic E-state index is 0.0391. The average molecular weight is 171 g/mol. The van der Waals surface area contributed by atoms with Gasteiger partial charge in [-0.2, -0.15) is 17.6 Å². The van der Waals surface area contributed by atoms with Crippen molar-refractivity contribution < 1.29 is 17.6 Å². The third kappa shape index (κ3) is 1.64. The fourth-order valence-corrected chi connectivity index (χ4v) is 0.982. The molecule has 5 heteroatoms. The second-order valence-electron chi connectivity index (χ2n) is 2.66. The Morgan fingerprint density at radius 3 is 1.55 bits per heavy atom. The highest BCUT2D eigenvalue weighted by Crippen LogP contribution is 2.39. The smallest absolute Gasteiger partial charge is 0.311 e. The van der Waals surface area contributed by atoms with Gasteiger partial charge in [-0.1, -0.05) is 0 Å². The van der Waals surface area contributed by atoms with E-state index in [0.717, 1.165) is 0 Å². The zero-order chi connectivity index (χ0) is 8.54. The highest BCUT2D eigenvalue weighted by atomic mass is 19.3. The van der Waals surface area contributed by atoms with E-state index in [2.05, 4.69) is 5.32 Å². The van der Waals surface area contributed by atoms with E-state index in [4.69, 9.17) is 0 Å². The van der Waals surface area contributed by atoms with Crippen LogP contribution in [0.25, 0.3) is 0 Å². The predicted octanol–water partition coefficient (Wildman–Crippen LogP) is 1.64. The maximum Gasteiger partial charge on any atom is 0.311 e. The summed E-state index contributed by atoms with van der Waals surface area (Å²) in [6.45, 7) is -0.0782. The molecule has 0 saturated carbocycles. The Labute approximate surface area is 61.8 Å². The number of hydrogen-bond acceptors (Lipinski definition) is 1. The van der Waals surface area contributed by atoms with Crippen LogP contribution in [0.2, 0.25) is 0 Å². The highest BCUT2D eigenvalue weighted by Gasteiger charge is 2.55. The zero-order valence-corrected chi connectivity index (χ0v) is 5.84. The van der Waals surface area contributed by atoms with Gasteiger partial charge in [0, 0.05) is 25.9 Å². The van der Waals surface area contributed by atoms with Crippen LogP contribution in [-0.4, -0.2) is 24.9 Å². The lowest BCUT2D eigenvalue weighted by atomic mass is 10.1. The molecule has 0 amide bonds. The van der Waals surface area contributed by atoms with Gasteiger partial charge in [0.15, 0.2) is 0 Å². The van der Waals surface area contributed by atoms with E-state index in [1.165, 1.54) is 0 Å². The second-order valence-corrected chi connectivity index (χ2v) is 2.66. The highest BCUT2D eigenvalue weighted by molar-refractivity contribution is 4.88. The molecule has 1 rings (SSSR count). The first-order valence-corrected chi connectivity index (χ1v) is 3.42. The van der Waals surface area contributed by atoms with Gasteiger partial charge in [-0.15, -0.1) is 0 Å². The zero-order valence-electron chi connectivity index (χ0n) is 5.84. The Hall–Kier alpha value is -0.320. The summed E-state index contributed by atoms with van der Waals surface area (Å²) in [5.74, 6) is -7.67. The molecule has 1 N–H and O–H groups in total. The van der Waals surface area contributed by atoms with Crippen molar-refractivity contribution in [1.29, 1.82) is 0 Å². The normalized spacial score (nSPS) is 29.5. The number of nitrogens with one attached hydrogen (secondary N) is 1. The Balaban J connectivity index is 2.72. The van der Waals surface area contributed by atoms with E-state index < -0.39 is 24.7 Å². The van der Waals surface area contributed by atoms with E-state index in [1.807, 2.05) is 0 Å². The molecule has 1 aliphatic heterocycles. The van der Waals surface area contributed by atoms with Crippen molar-refractivity contribution in [3.05, 3.63) is 0 Å². The van der Waals surface area contributed by atoms with Crippen molar-refractivity contribution in [3.63, 3.8) is 0 Å². The van der Waals surface area contributed by atoms with E-state index >= 15 is 0 Å². The van der Waals surface area contributed by atoms with Crippen molar-refractivity contribution in [2.75, 3.05) is 13.1 Å². The van der Waals surface area contributed by atoms with Crippen molar-refractivity contribution in [2.24, 2.45) is 0 Å². The van der Waals surface area contributed by atoms with Crippen LogP contribution < -0.4 is 5.32 Å². The van der Waals surface area contributed by atoms with Crippen molar-refractivity contribution >= 4 is 0 Å². The molecule has 1 heterocycles. The van der Waals surface area contributed by atoms with Gasteiger partial charge in [-0.25, -0.2) is 0 Å². The maximum atomic E-state index is 12.5. The van der Waals surface area contributed by atoms with Crippen LogP contribution in [0.1, 0.15) is 12.8 Å². The maximum absolute atomic E-state index is 12.5. The molecule has 1 saturated heterocycles. The minimum Gasteiger partial charge on any atom is -0.316 e. The molecule has 0 aromatic rings. The summed E-state index contributed by atoms with van der Waals surface area (Å²) in [4.78, 5) is 0. The number of alkyl halides is 4. The summed E-state index contributed by atoms with van der Waals surface area (Å²) in [6, 6.07) is 0. The minimum atomic E-state index is -3.84. The molecular weight excluding hydrogens is 162 g/mol. The summed E-state index contributed by atoms with van der Waals surface area (Å²) in [5.41, 5.74) is 0. The fourth-order valence-electron chi connectivity index (χ4n) is 0.982. The molecule has 0 unspecified atom stereocenters. The summed E-state index contributed by atoms with van der Waals surface area (Å²) in [6.07, 6.45) is -1.56. The van der Waals surface area contributed by atoms with Crippen molar-refractivity contribution in [3.8, 4) is 0 Å². The van der Waals surface area contributed by atoms with Gasteiger partial charge in [0.2, 0.25) is 0 Å². The van der Waals surface area contributed by atoms with Crippen LogP contribution in [0.5, 0.6) is 0 Å². The van der Waals surface area contributed by atoms with Gasteiger partial charge in [0.05, 0.1) is 0 Å². The van der Waals surface area contributed by atoms with E-state index in [0.29, 0.717) is 0 Å². The van der Waals surface area contributed by atoms with Gasteiger partial charge in [-0.05, 0) is 0 Å². The lowest BCUT2D eigenvalue weighted by Gasteiger charge is -2.23. The molecule has 0 aliphatic carbocycles. The third-order valence-electron chi connectivity index (χ3n) is 1.77. The number of rotatable bonds is 0. The van der Waals surface area contributed by atoms with Crippen LogP contribution in [0.15, 0.2) is 0 Å². The van der Waals surface area contributed by atoms with E-state index in [1.54, 1.807) is 0 Å². The van der Waals surface area contributed by atoms with Crippen molar-refractivity contribution in [2.45, 2.75) is 24.7 Å².